The van der Waals surface area contributed by atoms with E-state index in [2.05, 4.69) is 25.0 Å². The van der Waals surface area contributed by atoms with Gasteiger partial charge in [0, 0.05) is 31.8 Å². The predicted molar refractivity (Wildman–Crippen MR) is 66.4 cm³/mol. The Hall–Kier alpha value is -1.93. The lowest BCUT2D eigenvalue weighted by atomic mass is 10.4. The lowest BCUT2D eigenvalue weighted by molar-refractivity contribution is 0.579. The molecule has 0 amide bonds. The number of anilines is 1. The third-order valence-corrected chi connectivity index (χ3v) is 3.76. The van der Waals surface area contributed by atoms with Gasteiger partial charge < -0.3 is 10.3 Å². The highest BCUT2D eigenvalue weighted by atomic mass is 32.2. The van der Waals surface area contributed by atoms with Crippen molar-refractivity contribution < 1.29 is 8.42 Å². The maximum absolute atomic E-state index is 12.1. The second-order valence-electron chi connectivity index (χ2n) is 3.48. The first-order chi connectivity index (χ1) is 8.63. The lowest BCUT2D eigenvalue weighted by Gasteiger charge is -2.09. The van der Waals surface area contributed by atoms with E-state index in [1.54, 1.807) is 25.5 Å². The minimum atomic E-state index is -3.61. The summed E-state index contributed by atoms with van der Waals surface area (Å²) >= 11 is 0. The van der Waals surface area contributed by atoms with Crippen molar-refractivity contribution in [1.82, 2.24) is 19.7 Å². The number of hydrogen-bond acceptors (Lipinski definition) is 5. The number of H-pyrrole nitrogens is 1. The van der Waals surface area contributed by atoms with Crippen LogP contribution < -0.4 is 10.0 Å². The zero-order valence-electron chi connectivity index (χ0n) is 9.71. The van der Waals surface area contributed by atoms with Crippen molar-refractivity contribution in [3.8, 4) is 0 Å². The number of nitrogens with zero attached hydrogens (tertiary/aromatic N) is 2. The van der Waals surface area contributed by atoms with Crippen molar-refractivity contribution in [3.63, 3.8) is 0 Å². The summed E-state index contributed by atoms with van der Waals surface area (Å²) in [4.78, 5) is 10.7. The molecule has 0 atom stereocenters. The van der Waals surface area contributed by atoms with Crippen LogP contribution in [-0.4, -0.2) is 30.4 Å². The average molecular weight is 267 g/mol. The van der Waals surface area contributed by atoms with Crippen molar-refractivity contribution in [3.05, 3.63) is 36.7 Å². The Morgan fingerprint density at radius 3 is 2.89 bits per heavy atom. The fourth-order valence-corrected chi connectivity index (χ4v) is 2.58. The molecule has 96 valence electrons. The summed E-state index contributed by atoms with van der Waals surface area (Å²) in [5, 5.41) is 2.81. The molecule has 0 saturated heterocycles. The van der Waals surface area contributed by atoms with Crippen LogP contribution in [0, 0.1) is 0 Å². The molecule has 2 aromatic rings. The first-order valence-electron chi connectivity index (χ1n) is 5.23. The van der Waals surface area contributed by atoms with E-state index in [-0.39, 0.29) is 11.4 Å². The van der Waals surface area contributed by atoms with Gasteiger partial charge in [0.15, 0.2) is 0 Å². The fraction of sp³-hybridized carbons (Fsp3) is 0.200. The van der Waals surface area contributed by atoms with Crippen LogP contribution in [0.15, 0.2) is 35.7 Å². The summed E-state index contributed by atoms with van der Waals surface area (Å²) in [5.41, 5.74) is 0.497. The van der Waals surface area contributed by atoms with Crippen LogP contribution in [0.4, 0.5) is 5.69 Å². The molecule has 0 aliphatic heterocycles. The van der Waals surface area contributed by atoms with Crippen LogP contribution in [0.3, 0.4) is 0 Å². The fourth-order valence-electron chi connectivity index (χ4n) is 1.44. The average Bonchev–Trinajstić information content (AvgIpc) is 2.89. The highest BCUT2D eigenvalue weighted by Crippen LogP contribution is 2.18. The smallest absolute Gasteiger partial charge is 0.244 e. The van der Waals surface area contributed by atoms with E-state index in [1.807, 2.05) is 0 Å². The van der Waals surface area contributed by atoms with Crippen LogP contribution in [-0.2, 0) is 16.6 Å². The van der Waals surface area contributed by atoms with E-state index in [0.29, 0.717) is 11.5 Å². The van der Waals surface area contributed by atoms with Gasteiger partial charge in [0.2, 0.25) is 10.0 Å². The van der Waals surface area contributed by atoms with Crippen molar-refractivity contribution in [2.45, 2.75) is 11.4 Å². The molecule has 0 spiro atoms. The summed E-state index contributed by atoms with van der Waals surface area (Å²) in [6.07, 6.45) is 6.02. The molecule has 0 unspecified atom stereocenters. The minimum absolute atomic E-state index is 0.105. The van der Waals surface area contributed by atoms with Gasteiger partial charge in [-0.15, -0.1) is 0 Å². The number of imidazole rings is 1. The number of sulfonamides is 1. The van der Waals surface area contributed by atoms with Gasteiger partial charge in [-0.3, -0.25) is 4.98 Å². The Bertz CT molecular complexity index is 609. The minimum Gasteiger partial charge on any atom is -0.387 e. The topological polar surface area (TPSA) is 99.8 Å². The molecule has 7 nitrogen and oxygen atoms in total. The second-order valence-corrected chi connectivity index (χ2v) is 5.22. The van der Waals surface area contributed by atoms with E-state index in [1.165, 1.54) is 12.4 Å². The van der Waals surface area contributed by atoms with Gasteiger partial charge in [-0.25, -0.2) is 18.1 Å². The van der Waals surface area contributed by atoms with Gasteiger partial charge in [-0.05, 0) is 6.07 Å². The molecule has 8 heteroatoms. The van der Waals surface area contributed by atoms with Gasteiger partial charge >= 0.3 is 0 Å². The molecule has 0 aliphatic rings. The maximum atomic E-state index is 12.1. The molecular weight excluding hydrogens is 254 g/mol. The number of nitrogens with one attached hydrogen (secondary N) is 3. The van der Waals surface area contributed by atoms with Crippen molar-refractivity contribution in [2.75, 3.05) is 12.4 Å². The van der Waals surface area contributed by atoms with Crippen LogP contribution in [0.5, 0.6) is 0 Å². The Morgan fingerprint density at radius 2 is 2.22 bits per heavy atom. The van der Waals surface area contributed by atoms with E-state index in [9.17, 15) is 8.42 Å². The Morgan fingerprint density at radius 1 is 1.39 bits per heavy atom. The van der Waals surface area contributed by atoms with Crippen molar-refractivity contribution in [2.24, 2.45) is 0 Å². The first-order valence-corrected chi connectivity index (χ1v) is 6.71. The maximum Gasteiger partial charge on any atom is 0.244 e. The van der Waals surface area contributed by atoms with Gasteiger partial charge in [0.25, 0.3) is 0 Å². The molecule has 0 aromatic carbocycles. The predicted octanol–water partition coefficient (Wildman–Crippen LogP) is 0.325. The summed E-state index contributed by atoms with van der Waals surface area (Å²) < 4.78 is 26.6. The normalized spacial score (nSPS) is 11.4. The van der Waals surface area contributed by atoms with Gasteiger partial charge in [-0.2, -0.15) is 0 Å². The quantitative estimate of drug-likeness (QED) is 0.724. The highest BCUT2D eigenvalue weighted by molar-refractivity contribution is 7.89. The zero-order chi connectivity index (χ0) is 13.0. The number of pyridine rings is 1. The third-order valence-electron chi connectivity index (χ3n) is 2.33. The molecular formula is C10H13N5O2S. The molecule has 0 aliphatic carbocycles. The van der Waals surface area contributed by atoms with Crippen LogP contribution in [0.2, 0.25) is 0 Å². The highest BCUT2D eigenvalue weighted by Gasteiger charge is 2.18. The molecule has 18 heavy (non-hydrogen) atoms. The van der Waals surface area contributed by atoms with E-state index in [0.717, 1.165) is 0 Å². The summed E-state index contributed by atoms with van der Waals surface area (Å²) in [6.45, 7) is 0.105. The molecule has 0 bridgehead atoms. The van der Waals surface area contributed by atoms with Crippen LogP contribution in [0.1, 0.15) is 5.82 Å². The molecule has 2 rings (SSSR count). The lowest BCUT2D eigenvalue weighted by Crippen LogP contribution is -2.24. The van der Waals surface area contributed by atoms with Crippen LogP contribution in [0.25, 0.3) is 0 Å². The number of hydrogen-bond donors (Lipinski definition) is 3. The Labute approximate surface area is 105 Å². The molecule has 3 N–H and O–H groups in total. The van der Waals surface area contributed by atoms with Crippen LogP contribution >= 0.6 is 0 Å². The Kier molecular flexibility index (Phi) is 3.58. The van der Waals surface area contributed by atoms with E-state index in [4.69, 9.17) is 0 Å². The second kappa shape index (κ2) is 5.15. The molecule has 0 radical (unpaired) electrons. The number of rotatable bonds is 5. The molecule has 0 saturated carbocycles. The monoisotopic (exact) mass is 267 g/mol. The molecule has 0 fully saturated rings. The third kappa shape index (κ3) is 2.66. The number of aromatic amines is 1. The summed E-state index contributed by atoms with van der Waals surface area (Å²) in [7, 11) is -1.96. The molecule has 2 aromatic heterocycles. The standard InChI is InChI=1S/C10H13N5O2S/c1-11-8-2-3-12-6-9(8)18(16,17)15-7-10-13-4-5-14-10/h2-6,15H,7H2,1H3,(H,11,12)(H,13,14). The largest absolute Gasteiger partial charge is 0.387 e. The Balaban J connectivity index is 2.20. The van der Waals surface area contributed by atoms with Gasteiger partial charge in [0.1, 0.15) is 10.7 Å². The first kappa shape index (κ1) is 12.5. The van der Waals surface area contributed by atoms with Crippen molar-refractivity contribution in [1.29, 1.82) is 0 Å². The summed E-state index contributed by atoms with van der Waals surface area (Å²) in [5.74, 6) is 0.550. The van der Waals surface area contributed by atoms with E-state index >= 15 is 0 Å². The van der Waals surface area contributed by atoms with E-state index < -0.39 is 10.0 Å². The van der Waals surface area contributed by atoms with Gasteiger partial charge in [-0.1, -0.05) is 0 Å². The van der Waals surface area contributed by atoms with Gasteiger partial charge in [0.05, 0.1) is 12.2 Å². The van der Waals surface area contributed by atoms with Crippen molar-refractivity contribution >= 4 is 15.7 Å². The summed E-state index contributed by atoms with van der Waals surface area (Å²) in [6, 6.07) is 1.60. The zero-order valence-corrected chi connectivity index (χ0v) is 10.5. The molecule has 2 heterocycles. The SMILES string of the molecule is CNc1ccncc1S(=O)(=O)NCc1ncc[nH]1. The number of aromatic nitrogens is 3.